The SMILES string of the molecule is Cc1cc(N2CCCN(c3cc(C4CC(N)C4)ncn3)CC2)ccn1.Cl.Cl. The highest BCUT2D eigenvalue weighted by molar-refractivity contribution is 5.85. The van der Waals surface area contributed by atoms with Crippen LogP contribution in [0.1, 0.15) is 36.6 Å². The number of pyridine rings is 1. The van der Waals surface area contributed by atoms with E-state index < -0.39 is 0 Å². The molecule has 0 radical (unpaired) electrons. The van der Waals surface area contributed by atoms with E-state index in [0.717, 1.165) is 62.6 Å². The van der Waals surface area contributed by atoms with Crippen molar-refractivity contribution in [3.05, 3.63) is 42.1 Å². The van der Waals surface area contributed by atoms with Gasteiger partial charge in [-0.1, -0.05) is 0 Å². The summed E-state index contributed by atoms with van der Waals surface area (Å²) >= 11 is 0. The van der Waals surface area contributed by atoms with Crippen molar-refractivity contribution in [3.63, 3.8) is 0 Å². The molecule has 27 heavy (non-hydrogen) atoms. The molecule has 0 aromatic carbocycles. The molecule has 0 atom stereocenters. The van der Waals surface area contributed by atoms with Crippen molar-refractivity contribution in [1.82, 2.24) is 15.0 Å². The molecule has 1 saturated carbocycles. The number of aromatic nitrogens is 3. The Bertz CT molecular complexity index is 738. The van der Waals surface area contributed by atoms with Crippen LogP contribution in [0, 0.1) is 6.92 Å². The predicted octanol–water partition coefficient (Wildman–Crippen LogP) is 2.95. The van der Waals surface area contributed by atoms with Crippen LogP contribution < -0.4 is 15.5 Å². The van der Waals surface area contributed by atoms with E-state index in [0.29, 0.717) is 12.0 Å². The highest BCUT2D eigenvalue weighted by Crippen LogP contribution is 2.35. The average molecular weight is 411 g/mol. The summed E-state index contributed by atoms with van der Waals surface area (Å²) in [5.41, 5.74) is 9.41. The second kappa shape index (κ2) is 9.53. The minimum atomic E-state index is 0. The van der Waals surface area contributed by atoms with Gasteiger partial charge in [0.25, 0.3) is 0 Å². The van der Waals surface area contributed by atoms with Gasteiger partial charge in [-0.15, -0.1) is 24.8 Å². The van der Waals surface area contributed by atoms with Crippen molar-refractivity contribution in [3.8, 4) is 0 Å². The van der Waals surface area contributed by atoms with Crippen molar-refractivity contribution in [2.75, 3.05) is 36.0 Å². The van der Waals surface area contributed by atoms with Crippen molar-refractivity contribution in [2.24, 2.45) is 5.73 Å². The molecule has 1 aliphatic heterocycles. The number of aryl methyl sites for hydroxylation is 1. The minimum Gasteiger partial charge on any atom is -0.370 e. The van der Waals surface area contributed by atoms with Crippen molar-refractivity contribution < 1.29 is 0 Å². The maximum absolute atomic E-state index is 5.93. The lowest BCUT2D eigenvalue weighted by Gasteiger charge is -2.32. The van der Waals surface area contributed by atoms with Gasteiger partial charge in [-0.2, -0.15) is 0 Å². The van der Waals surface area contributed by atoms with E-state index in [9.17, 15) is 0 Å². The molecule has 6 nitrogen and oxygen atoms in total. The number of halogens is 2. The first-order valence-corrected chi connectivity index (χ1v) is 9.19. The molecule has 4 rings (SSSR count). The van der Waals surface area contributed by atoms with E-state index in [-0.39, 0.29) is 24.8 Å². The van der Waals surface area contributed by atoms with Gasteiger partial charge in [0.1, 0.15) is 12.1 Å². The fourth-order valence-electron chi connectivity index (χ4n) is 3.79. The zero-order chi connectivity index (χ0) is 17.2. The number of rotatable bonds is 3. The molecule has 2 aromatic heterocycles. The molecule has 148 valence electrons. The Morgan fingerprint density at radius 3 is 2.44 bits per heavy atom. The van der Waals surface area contributed by atoms with Crippen LogP contribution in [0.2, 0.25) is 0 Å². The quantitative estimate of drug-likeness (QED) is 0.838. The van der Waals surface area contributed by atoms with Gasteiger partial charge < -0.3 is 15.5 Å². The van der Waals surface area contributed by atoms with Crippen LogP contribution in [0.15, 0.2) is 30.7 Å². The molecule has 2 aliphatic rings. The standard InChI is InChI=1S/C19H26N6.2ClH/c1-14-9-17(3-4-21-14)24-5-2-6-25(8-7-24)19-12-18(22-13-23-19)15-10-16(20)11-15;;/h3-4,9,12-13,15-16H,2,5-8,10-11,20H2,1H3;2*1H. The second-order valence-electron chi connectivity index (χ2n) is 7.21. The zero-order valence-corrected chi connectivity index (χ0v) is 17.3. The Morgan fingerprint density at radius 1 is 0.963 bits per heavy atom. The van der Waals surface area contributed by atoms with Gasteiger partial charge in [-0.05, 0) is 38.3 Å². The summed E-state index contributed by atoms with van der Waals surface area (Å²) in [5, 5.41) is 0. The lowest BCUT2D eigenvalue weighted by molar-refractivity contribution is 0.345. The summed E-state index contributed by atoms with van der Waals surface area (Å²) in [6.45, 7) is 6.11. The molecule has 0 amide bonds. The van der Waals surface area contributed by atoms with Crippen LogP contribution in [-0.4, -0.2) is 47.2 Å². The second-order valence-corrected chi connectivity index (χ2v) is 7.21. The summed E-state index contributed by atoms with van der Waals surface area (Å²) in [4.78, 5) is 18.1. The molecule has 1 saturated heterocycles. The number of hydrogen-bond donors (Lipinski definition) is 1. The zero-order valence-electron chi connectivity index (χ0n) is 15.6. The fraction of sp³-hybridized carbons (Fsp3) is 0.526. The highest BCUT2D eigenvalue weighted by Gasteiger charge is 2.29. The van der Waals surface area contributed by atoms with Crippen LogP contribution in [0.4, 0.5) is 11.5 Å². The molecule has 1 aliphatic carbocycles. The molecule has 8 heteroatoms. The van der Waals surface area contributed by atoms with Gasteiger partial charge in [-0.3, -0.25) is 4.98 Å². The van der Waals surface area contributed by atoms with Gasteiger partial charge in [0, 0.05) is 67.5 Å². The fourth-order valence-corrected chi connectivity index (χ4v) is 3.79. The molecular formula is C19H28Cl2N6. The molecule has 0 spiro atoms. The monoisotopic (exact) mass is 410 g/mol. The van der Waals surface area contributed by atoms with Crippen LogP contribution in [0.3, 0.4) is 0 Å². The van der Waals surface area contributed by atoms with Crippen molar-refractivity contribution in [1.29, 1.82) is 0 Å². The molecule has 3 heterocycles. The first-order valence-electron chi connectivity index (χ1n) is 9.19. The summed E-state index contributed by atoms with van der Waals surface area (Å²) in [6, 6.07) is 6.78. The maximum Gasteiger partial charge on any atom is 0.132 e. The highest BCUT2D eigenvalue weighted by atomic mass is 35.5. The molecule has 0 unspecified atom stereocenters. The molecule has 2 fully saturated rings. The van der Waals surface area contributed by atoms with Gasteiger partial charge in [0.2, 0.25) is 0 Å². The van der Waals surface area contributed by atoms with Gasteiger partial charge in [0.05, 0.1) is 0 Å². The largest absolute Gasteiger partial charge is 0.370 e. The van der Waals surface area contributed by atoms with Crippen LogP contribution in [0.5, 0.6) is 0 Å². The van der Waals surface area contributed by atoms with Crippen LogP contribution in [0.25, 0.3) is 0 Å². The summed E-state index contributed by atoms with van der Waals surface area (Å²) in [7, 11) is 0. The molecule has 2 aromatic rings. The van der Waals surface area contributed by atoms with Crippen LogP contribution >= 0.6 is 24.8 Å². The smallest absolute Gasteiger partial charge is 0.132 e. The number of nitrogens with two attached hydrogens (primary N) is 1. The number of nitrogens with zero attached hydrogens (tertiary/aromatic N) is 5. The normalized spacial score (nSPS) is 22.1. The Morgan fingerprint density at radius 2 is 1.70 bits per heavy atom. The van der Waals surface area contributed by atoms with Gasteiger partial charge in [0.15, 0.2) is 0 Å². The van der Waals surface area contributed by atoms with E-state index >= 15 is 0 Å². The van der Waals surface area contributed by atoms with E-state index in [4.69, 9.17) is 5.73 Å². The van der Waals surface area contributed by atoms with E-state index in [2.05, 4.69) is 43.0 Å². The third-order valence-electron chi connectivity index (χ3n) is 5.33. The topological polar surface area (TPSA) is 71.2 Å². The summed E-state index contributed by atoms with van der Waals surface area (Å²) in [5.74, 6) is 1.57. The predicted molar refractivity (Wildman–Crippen MR) is 114 cm³/mol. The van der Waals surface area contributed by atoms with Gasteiger partial charge in [-0.25, -0.2) is 9.97 Å². The third kappa shape index (κ3) is 5.00. The molecule has 2 N–H and O–H groups in total. The summed E-state index contributed by atoms with van der Waals surface area (Å²) < 4.78 is 0. The van der Waals surface area contributed by atoms with E-state index in [1.165, 1.54) is 5.69 Å². The first kappa shape index (κ1) is 21.7. The maximum atomic E-state index is 5.93. The Labute approximate surface area is 173 Å². The van der Waals surface area contributed by atoms with E-state index in [1.54, 1.807) is 6.33 Å². The average Bonchev–Trinajstić information content (AvgIpc) is 2.85. The Kier molecular flexibility index (Phi) is 7.65. The lowest BCUT2D eigenvalue weighted by atomic mass is 9.78. The van der Waals surface area contributed by atoms with Crippen molar-refractivity contribution >= 4 is 36.3 Å². The van der Waals surface area contributed by atoms with Crippen LogP contribution in [-0.2, 0) is 0 Å². The number of hydrogen-bond acceptors (Lipinski definition) is 6. The lowest BCUT2D eigenvalue weighted by Crippen LogP contribution is -2.35. The third-order valence-corrected chi connectivity index (χ3v) is 5.33. The van der Waals surface area contributed by atoms with E-state index in [1.807, 2.05) is 13.1 Å². The van der Waals surface area contributed by atoms with Crippen molar-refractivity contribution in [2.45, 2.75) is 38.1 Å². The first-order chi connectivity index (χ1) is 12.2. The Balaban J connectivity index is 0.00000131. The molecular weight excluding hydrogens is 383 g/mol. The minimum absolute atomic E-state index is 0. The number of anilines is 2. The molecule has 0 bridgehead atoms. The van der Waals surface area contributed by atoms with Gasteiger partial charge >= 0.3 is 0 Å². The Hall–Kier alpha value is -1.63. The summed E-state index contributed by atoms with van der Waals surface area (Å²) in [6.07, 6.45) is 6.82.